The number of rotatable bonds is 36. The minimum Gasteiger partial charge on any atom is -0.480 e. The number of carbonyl (C=O) groups is 4. The Balaban J connectivity index is 4.44. The lowest BCUT2D eigenvalue weighted by Gasteiger charge is -2.15. The van der Waals surface area contributed by atoms with E-state index in [4.69, 9.17) is 14.9 Å². The van der Waals surface area contributed by atoms with Crippen LogP contribution in [0.4, 0.5) is 0 Å². The van der Waals surface area contributed by atoms with Crippen molar-refractivity contribution in [3.8, 4) is 0 Å². The van der Waals surface area contributed by atoms with Gasteiger partial charge in [-0.3, -0.25) is 14.4 Å². The van der Waals surface area contributed by atoms with E-state index < -0.39 is 24.5 Å². The summed E-state index contributed by atoms with van der Waals surface area (Å²) in [6.07, 6.45) is 42.9. The van der Waals surface area contributed by atoms with Gasteiger partial charge in [-0.15, -0.1) is 0 Å². The number of carboxylic acids is 1. The molecular formula is C43H74N2O7. The molecule has 0 aliphatic heterocycles. The Hall–Kier alpha value is -3.20. The van der Waals surface area contributed by atoms with Crippen LogP contribution >= 0.6 is 0 Å². The van der Waals surface area contributed by atoms with Gasteiger partial charge in [0.15, 0.2) is 0 Å². The van der Waals surface area contributed by atoms with E-state index in [1.807, 2.05) is 12.2 Å². The summed E-state index contributed by atoms with van der Waals surface area (Å²) in [5, 5.41) is 22.5. The summed E-state index contributed by atoms with van der Waals surface area (Å²) in [7, 11) is 0. The van der Waals surface area contributed by atoms with Crippen LogP contribution in [0.2, 0.25) is 0 Å². The molecule has 4 N–H and O–H groups in total. The monoisotopic (exact) mass is 731 g/mol. The predicted octanol–water partition coefficient (Wildman–Crippen LogP) is 9.59. The Morgan fingerprint density at radius 1 is 0.596 bits per heavy atom. The van der Waals surface area contributed by atoms with Crippen LogP contribution in [-0.4, -0.2) is 59.3 Å². The van der Waals surface area contributed by atoms with Crippen LogP contribution < -0.4 is 10.6 Å². The molecule has 0 radical (unpaired) electrons. The lowest BCUT2D eigenvalue weighted by molar-refractivity contribution is -0.147. The minimum absolute atomic E-state index is 0.161. The number of carbonyl (C=O) groups excluding carboxylic acids is 3. The average molecular weight is 731 g/mol. The number of hydrogen-bond donors (Lipinski definition) is 4. The van der Waals surface area contributed by atoms with Crippen molar-refractivity contribution in [2.75, 3.05) is 13.2 Å². The molecule has 52 heavy (non-hydrogen) atoms. The highest BCUT2D eigenvalue weighted by Gasteiger charge is 2.18. The molecule has 2 amide bonds. The molecule has 2 atom stereocenters. The van der Waals surface area contributed by atoms with Crippen LogP contribution in [0, 0.1) is 0 Å². The fourth-order valence-electron chi connectivity index (χ4n) is 5.68. The topological polar surface area (TPSA) is 142 Å². The molecule has 0 aliphatic carbocycles. The van der Waals surface area contributed by atoms with Gasteiger partial charge in [0.1, 0.15) is 12.1 Å². The number of aliphatic hydroxyl groups excluding tert-OH is 1. The lowest BCUT2D eigenvalue weighted by Crippen LogP contribution is -2.47. The number of nitrogens with one attached hydrogen (secondary N) is 2. The third-order valence-corrected chi connectivity index (χ3v) is 8.82. The first-order chi connectivity index (χ1) is 25.3. The molecule has 9 heteroatoms. The van der Waals surface area contributed by atoms with Crippen LogP contribution in [-0.2, 0) is 23.9 Å². The second kappa shape index (κ2) is 37.6. The highest BCUT2D eigenvalue weighted by Crippen LogP contribution is 2.15. The van der Waals surface area contributed by atoms with Gasteiger partial charge in [-0.2, -0.15) is 0 Å². The molecule has 2 unspecified atom stereocenters. The maximum Gasteiger partial charge on any atom is 0.328 e. The molecule has 0 saturated carbocycles. The summed E-state index contributed by atoms with van der Waals surface area (Å²) in [5.41, 5.74) is 0. The number of aliphatic hydroxyl groups is 1. The standard InChI is InChI=1S/C43H74N2O7/c1-3-5-7-9-11-13-15-16-17-18-20-22-24-26-31-35-42(49)52-38(32-28-25-23-21-19-14-12-10-8-6-4-2)33-29-27-30-34-40(47)44-36-41(48)45-39(37-46)43(50)51/h6,8,12,14,21,23,28,32,38-39,46H,3-5,7,9-11,13,15-20,22,24-27,29-31,33-37H2,1-2H3,(H,44,47)(H,45,48)(H,50,51)/b8-6-,14-12-,23-21-,32-28-. The third kappa shape index (κ3) is 33.9. The highest BCUT2D eigenvalue weighted by molar-refractivity contribution is 5.87. The number of unbranched alkanes of at least 4 members (excludes halogenated alkanes) is 16. The summed E-state index contributed by atoms with van der Waals surface area (Å²) in [6, 6.07) is -1.40. The van der Waals surface area contributed by atoms with Gasteiger partial charge in [-0.1, -0.05) is 153 Å². The molecule has 0 rings (SSSR count). The van der Waals surface area contributed by atoms with Gasteiger partial charge in [0.2, 0.25) is 11.8 Å². The van der Waals surface area contributed by atoms with Gasteiger partial charge < -0.3 is 25.6 Å². The Kier molecular flexibility index (Phi) is 35.2. The molecule has 0 spiro atoms. The maximum atomic E-state index is 12.7. The van der Waals surface area contributed by atoms with Crippen molar-refractivity contribution < 1.29 is 34.1 Å². The first-order valence-corrected chi connectivity index (χ1v) is 20.5. The summed E-state index contributed by atoms with van der Waals surface area (Å²) in [4.78, 5) is 47.6. The van der Waals surface area contributed by atoms with Crippen molar-refractivity contribution in [1.29, 1.82) is 0 Å². The zero-order chi connectivity index (χ0) is 38.3. The molecule has 9 nitrogen and oxygen atoms in total. The Morgan fingerprint density at radius 2 is 1.08 bits per heavy atom. The Labute approximate surface area is 316 Å². The summed E-state index contributed by atoms with van der Waals surface area (Å²) >= 11 is 0. The minimum atomic E-state index is -1.40. The SMILES string of the molecule is CC/C=C\C/C=C\C/C=C\C/C=C\C(CCCCCC(=O)NCC(=O)NC(CO)C(=O)O)OC(=O)CCCCCCCCCCCCCCCCC. The zero-order valence-electron chi connectivity index (χ0n) is 32.8. The highest BCUT2D eigenvalue weighted by atomic mass is 16.5. The predicted molar refractivity (Wildman–Crippen MR) is 213 cm³/mol. The maximum absolute atomic E-state index is 12.7. The Morgan fingerprint density at radius 3 is 1.60 bits per heavy atom. The van der Waals surface area contributed by atoms with Gasteiger partial charge >= 0.3 is 11.9 Å². The molecule has 0 aromatic heterocycles. The van der Waals surface area contributed by atoms with Crippen LogP contribution in [0.5, 0.6) is 0 Å². The number of ether oxygens (including phenoxy) is 1. The zero-order valence-corrected chi connectivity index (χ0v) is 32.8. The van der Waals surface area contributed by atoms with Crippen LogP contribution in [0.1, 0.15) is 174 Å². The van der Waals surface area contributed by atoms with Gasteiger partial charge in [0, 0.05) is 12.8 Å². The second-order valence-electron chi connectivity index (χ2n) is 13.7. The summed E-state index contributed by atoms with van der Waals surface area (Å²) < 4.78 is 5.86. The van der Waals surface area contributed by atoms with E-state index in [-0.39, 0.29) is 30.9 Å². The van der Waals surface area contributed by atoms with Crippen molar-refractivity contribution in [2.45, 2.75) is 187 Å². The molecule has 0 aromatic carbocycles. The number of carboxylic acid groups (broad SMARTS) is 1. The normalized spacial score (nSPS) is 13.0. The second-order valence-corrected chi connectivity index (χ2v) is 13.7. The van der Waals surface area contributed by atoms with Gasteiger partial charge in [-0.05, 0) is 57.4 Å². The molecule has 0 heterocycles. The van der Waals surface area contributed by atoms with Crippen molar-refractivity contribution in [1.82, 2.24) is 10.6 Å². The van der Waals surface area contributed by atoms with Crippen molar-refractivity contribution >= 4 is 23.8 Å². The van der Waals surface area contributed by atoms with Crippen molar-refractivity contribution in [2.24, 2.45) is 0 Å². The molecule has 0 aliphatic rings. The largest absolute Gasteiger partial charge is 0.480 e. The number of hydrogen-bond acceptors (Lipinski definition) is 6. The lowest BCUT2D eigenvalue weighted by atomic mass is 10.0. The molecule has 0 aromatic rings. The van der Waals surface area contributed by atoms with E-state index in [1.165, 1.54) is 77.0 Å². The number of aliphatic carboxylic acids is 1. The first-order valence-electron chi connectivity index (χ1n) is 20.5. The molecular weight excluding hydrogens is 656 g/mol. The average Bonchev–Trinajstić information content (AvgIpc) is 3.13. The van der Waals surface area contributed by atoms with Crippen LogP contribution in [0.3, 0.4) is 0 Å². The third-order valence-electron chi connectivity index (χ3n) is 8.82. The van der Waals surface area contributed by atoms with E-state index in [0.29, 0.717) is 19.3 Å². The quantitative estimate of drug-likeness (QED) is 0.0286. The smallest absolute Gasteiger partial charge is 0.328 e. The van der Waals surface area contributed by atoms with E-state index in [1.54, 1.807) is 0 Å². The first kappa shape index (κ1) is 48.8. The van der Waals surface area contributed by atoms with E-state index >= 15 is 0 Å². The van der Waals surface area contributed by atoms with E-state index in [9.17, 15) is 19.2 Å². The van der Waals surface area contributed by atoms with Gasteiger partial charge in [-0.25, -0.2) is 4.79 Å². The van der Waals surface area contributed by atoms with Crippen LogP contribution in [0.15, 0.2) is 48.6 Å². The molecule has 298 valence electrons. The molecule has 0 bridgehead atoms. The molecule has 0 fully saturated rings. The molecule has 0 saturated heterocycles. The van der Waals surface area contributed by atoms with E-state index in [2.05, 4.69) is 60.9 Å². The van der Waals surface area contributed by atoms with Gasteiger partial charge in [0.25, 0.3) is 0 Å². The fourth-order valence-corrected chi connectivity index (χ4v) is 5.68. The summed E-state index contributed by atoms with van der Waals surface area (Å²) in [6.45, 7) is 3.30. The summed E-state index contributed by atoms with van der Waals surface area (Å²) in [5.74, 6) is -2.49. The number of amides is 2. The fraction of sp³-hybridized carbons (Fsp3) is 0.721. The van der Waals surface area contributed by atoms with Crippen molar-refractivity contribution in [3.63, 3.8) is 0 Å². The van der Waals surface area contributed by atoms with Crippen molar-refractivity contribution in [3.05, 3.63) is 48.6 Å². The van der Waals surface area contributed by atoms with E-state index in [0.717, 1.165) is 57.8 Å². The van der Waals surface area contributed by atoms with Crippen LogP contribution in [0.25, 0.3) is 0 Å². The number of esters is 1. The number of allylic oxidation sites excluding steroid dienone is 7. The van der Waals surface area contributed by atoms with Gasteiger partial charge in [0.05, 0.1) is 13.2 Å². The Bertz CT molecular complexity index is 1020.